The van der Waals surface area contributed by atoms with Crippen molar-refractivity contribution in [3.05, 3.63) is 206 Å². The fourth-order valence-electron chi connectivity index (χ4n) is 12.3. The molecular formula is C86H116Cl2FN7O5. The molecule has 12 nitrogen and oxygen atoms in total. The van der Waals surface area contributed by atoms with Gasteiger partial charge in [0, 0.05) is 82.9 Å². The van der Waals surface area contributed by atoms with Gasteiger partial charge in [-0.25, -0.2) is 4.39 Å². The van der Waals surface area contributed by atoms with Crippen LogP contribution >= 0.6 is 23.2 Å². The summed E-state index contributed by atoms with van der Waals surface area (Å²) < 4.78 is 31.3. The van der Waals surface area contributed by atoms with Crippen molar-refractivity contribution >= 4 is 68.7 Å². The summed E-state index contributed by atoms with van der Waals surface area (Å²) in [5.41, 5.74) is 17.6. The number of amides is 2. The SMILES string of the molecule is CC(C)c1ccc(F)c(Cl)c1.CC(C)c1ccc(N2CCNCC2)c(Cl)c1.CC(C)c1ccc2c(c1)CCCC(=O)N2C.CC(C)c1ccc2c(c1)CCN2C(=O)CN(C)C.CC(C)c1ccc2c(c1)NCCCO2.CC(C)c1ccc2c(c1)OCCO2.CC(C)c1ccc2c(ccn2C)c1. The number of carbonyl (C=O) groups is 2. The molecule has 0 saturated carbocycles. The van der Waals surface area contributed by atoms with E-state index in [2.05, 4.69) is 226 Å². The average Bonchev–Trinajstić information content (AvgIpc) is 1.68. The third kappa shape index (κ3) is 23.8. The van der Waals surface area contributed by atoms with Crippen LogP contribution in [-0.4, -0.2) is 108 Å². The van der Waals surface area contributed by atoms with Crippen LogP contribution in [0, 0.1) is 5.82 Å². The number of rotatable bonds is 10. The first-order valence-electron chi connectivity index (χ1n) is 36.7. The molecule has 0 spiro atoms. The monoisotopic (exact) mass is 1420 g/mol. The van der Waals surface area contributed by atoms with Gasteiger partial charge in [0.1, 0.15) is 24.8 Å². The van der Waals surface area contributed by atoms with Gasteiger partial charge >= 0.3 is 0 Å². The van der Waals surface area contributed by atoms with E-state index in [1.54, 1.807) is 17.0 Å². The molecule has 0 radical (unpaired) electrons. The molecule has 7 aromatic carbocycles. The highest BCUT2D eigenvalue weighted by Gasteiger charge is 2.26. The van der Waals surface area contributed by atoms with Gasteiger partial charge in [0.25, 0.3) is 0 Å². The van der Waals surface area contributed by atoms with E-state index in [1.807, 2.05) is 50.9 Å². The summed E-state index contributed by atoms with van der Waals surface area (Å²) in [4.78, 5) is 31.8. The summed E-state index contributed by atoms with van der Waals surface area (Å²) in [5.74, 6) is 6.58. The van der Waals surface area contributed by atoms with E-state index >= 15 is 0 Å². The summed E-state index contributed by atoms with van der Waals surface area (Å²) in [5, 5.41) is 9.17. The average molecular weight is 1420 g/mol. The van der Waals surface area contributed by atoms with Crippen molar-refractivity contribution < 1.29 is 28.2 Å². The second kappa shape index (κ2) is 39.2. The van der Waals surface area contributed by atoms with E-state index in [0.717, 1.165) is 116 Å². The number of aromatic nitrogens is 1. The van der Waals surface area contributed by atoms with Gasteiger partial charge in [0.2, 0.25) is 11.8 Å². The molecule has 13 rings (SSSR count). The fourth-order valence-corrected chi connectivity index (χ4v) is 12.8. The van der Waals surface area contributed by atoms with Crippen LogP contribution in [0.4, 0.5) is 27.1 Å². The second-order valence-electron chi connectivity index (χ2n) is 29.4. The number of nitrogens with one attached hydrogen (secondary N) is 2. The maximum atomic E-state index is 12.6. The number of carbonyl (C=O) groups excluding carboxylic acids is 2. The Labute approximate surface area is 615 Å². The quantitative estimate of drug-likeness (QED) is 0.139. The molecule has 101 heavy (non-hydrogen) atoms. The van der Waals surface area contributed by atoms with Gasteiger partial charge < -0.3 is 49.0 Å². The fraction of sp³-hybridized carbons (Fsp3) is 0.465. The zero-order valence-corrected chi connectivity index (χ0v) is 65.4. The van der Waals surface area contributed by atoms with E-state index in [-0.39, 0.29) is 22.7 Å². The minimum Gasteiger partial charge on any atom is -0.491 e. The zero-order chi connectivity index (χ0) is 73.6. The lowest BCUT2D eigenvalue weighted by Gasteiger charge is -2.30. The van der Waals surface area contributed by atoms with Gasteiger partial charge in [-0.15, -0.1) is 0 Å². The molecule has 2 amide bonds. The van der Waals surface area contributed by atoms with Crippen LogP contribution in [-0.2, 0) is 29.5 Å². The predicted molar refractivity (Wildman–Crippen MR) is 426 cm³/mol. The van der Waals surface area contributed by atoms with E-state index in [9.17, 15) is 14.0 Å². The number of hydrogen-bond donors (Lipinski definition) is 2. The predicted octanol–water partition coefficient (Wildman–Crippen LogP) is 20.7. The molecular weight excluding hydrogens is 1300 g/mol. The number of ether oxygens (including phenoxy) is 3. The number of benzene rings is 7. The number of hydrogen-bond acceptors (Lipinski definition) is 9. The summed E-state index contributed by atoms with van der Waals surface area (Å²) in [6, 6.07) is 45.7. The number of fused-ring (bicyclic) bond motifs is 5. The van der Waals surface area contributed by atoms with Crippen molar-refractivity contribution in [1.82, 2.24) is 14.8 Å². The molecule has 15 heteroatoms. The molecule has 546 valence electrons. The van der Waals surface area contributed by atoms with Crippen molar-refractivity contribution in [2.75, 3.05) is 107 Å². The lowest BCUT2D eigenvalue weighted by atomic mass is 9.98. The van der Waals surface area contributed by atoms with Crippen molar-refractivity contribution in [3.63, 3.8) is 0 Å². The van der Waals surface area contributed by atoms with Crippen LogP contribution in [0.1, 0.15) is 208 Å². The number of anilines is 4. The Hall–Kier alpha value is -7.55. The smallest absolute Gasteiger partial charge is 0.241 e. The van der Waals surface area contributed by atoms with Crippen molar-refractivity contribution in [2.24, 2.45) is 7.05 Å². The molecule has 1 fully saturated rings. The number of halogens is 3. The van der Waals surface area contributed by atoms with Crippen LogP contribution in [0.2, 0.25) is 10.0 Å². The van der Waals surface area contributed by atoms with E-state index < -0.39 is 0 Å². The Morgan fingerprint density at radius 2 is 0.980 bits per heavy atom. The molecule has 0 bridgehead atoms. The summed E-state index contributed by atoms with van der Waals surface area (Å²) in [7, 11) is 7.81. The molecule has 0 unspecified atom stereocenters. The van der Waals surface area contributed by atoms with Crippen LogP contribution in [0.3, 0.4) is 0 Å². The molecule has 1 saturated heterocycles. The summed E-state index contributed by atoms with van der Waals surface area (Å²) in [6.45, 7) is 39.1. The highest BCUT2D eigenvalue weighted by atomic mass is 35.5. The van der Waals surface area contributed by atoms with Crippen LogP contribution in [0.25, 0.3) is 10.9 Å². The third-order valence-corrected chi connectivity index (χ3v) is 19.4. The second-order valence-corrected chi connectivity index (χ2v) is 30.2. The Morgan fingerprint density at radius 3 is 1.56 bits per heavy atom. The number of aryl methyl sites for hydroxylation is 2. The van der Waals surface area contributed by atoms with Crippen molar-refractivity contribution in [3.8, 4) is 17.2 Å². The third-order valence-electron chi connectivity index (χ3n) is 18.8. The molecule has 0 atom stereocenters. The van der Waals surface area contributed by atoms with Crippen LogP contribution < -0.4 is 39.5 Å². The first-order chi connectivity index (χ1) is 48.1. The Bertz CT molecular complexity index is 3950. The molecule has 6 heterocycles. The van der Waals surface area contributed by atoms with Crippen molar-refractivity contribution in [2.45, 2.75) is 170 Å². The van der Waals surface area contributed by atoms with Gasteiger partial charge in [-0.3, -0.25) is 9.59 Å². The van der Waals surface area contributed by atoms with Gasteiger partial charge in [0.05, 0.1) is 34.6 Å². The standard InChI is InChI=1S/C15H22N2O.C14H19NO.C13H19ClN2.C12H17NO.C12H15N.C11H14O2.C9H10ClF/c1-11(2)12-5-6-14-13(9-12)7-8-17(14)15(18)10-16(3)4;1-10(2)11-7-8-13-12(9-11)5-4-6-14(16)15(13)3;1-10(2)11-3-4-13(12(14)9-11)16-7-5-15-6-8-16;1-9(2)10-4-5-12-11(8-10)13-6-3-7-14-12;1-9(2)10-4-5-12-11(8-10)6-7-13(12)3;1-8(2)9-3-4-10-11(7-9)13-6-5-12-10;1-6(2)7-3-4-9(11)8(10)5-7/h5-6,9,11H,7-8,10H2,1-4H3;7-10H,4-6H2,1-3H3;3-4,9-10,15H,5-8H2,1-2H3;4-5,8-9,13H,3,6-7H2,1-2H3;4-9H,1-3H3;3-4,7-8H,5-6H2,1-2H3;3-6H,1-2H3. The molecule has 8 aromatic rings. The molecule has 1 aromatic heterocycles. The summed E-state index contributed by atoms with van der Waals surface area (Å²) >= 11 is 11.9. The van der Waals surface area contributed by atoms with Gasteiger partial charge in [0.15, 0.2) is 11.5 Å². The minimum atomic E-state index is -0.351. The van der Waals surface area contributed by atoms with Crippen LogP contribution in [0.15, 0.2) is 140 Å². The van der Waals surface area contributed by atoms with Gasteiger partial charge in [-0.05, 0) is 216 Å². The first-order valence-corrected chi connectivity index (χ1v) is 37.5. The normalized spacial score (nSPS) is 14.5. The topological polar surface area (TPSA) is 104 Å². The van der Waals surface area contributed by atoms with Gasteiger partial charge in [-0.2, -0.15) is 0 Å². The molecule has 5 aliphatic rings. The maximum Gasteiger partial charge on any atom is 0.241 e. The first kappa shape index (κ1) is 80.8. The highest BCUT2D eigenvalue weighted by molar-refractivity contribution is 6.33. The highest BCUT2D eigenvalue weighted by Crippen LogP contribution is 2.36. The molecule has 2 N–H and O–H groups in total. The number of likely N-dealkylation sites (N-methyl/N-ethyl adjacent to an activating group) is 1. The van der Waals surface area contributed by atoms with Crippen molar-refractivity contribution in [1.29, 1.82) is 0 Å². The largest absolute Gasteiger partial charge is 0.491 e. The maximum absolute atomic E-state index is 12.6. The zero-order valence-electron chi connectivity index (χ0n) is 63.8. The molecule has 0 aliphatic carbocycles. The van der Waals surface area contributed by atoms with Crippen LogP contribution in [0.5, 0.6) is 17.2 Å². The van der Waals surface area contributed by atoms with E-state index in [1.165, 1.54) is 67.2 Å². The Balaban J connectivity index is 0.000000166. The number of nitrogens with zero attached hydrogens (tertiary/aromatic N) is 5. The van der Waals surface area contributed by atoms with E-state index in [0.29, 0.717) is 67.6 Å². The Kier molecular flexibility index (Phi) is 31.3. The van der Waals surface area contributed by atoms with E-state index in [4.69, 9.17) is 37.4 Å². The Morgan fingerprint density at radius 1 is 0.495 bits per heavy atom. The lowest BCUT2D eigenvalue weighted by molar-refractivity contribution is -0.119. The summed E-state index contributed by atoms with van der Waals surface area (Å²) in [6.07, 6.45) is 6.82. The number of piperazine rings is 1. The lowest BCUT2D eigenvalue weighted by Crippen LogP contribution is -2.43. The minimum absolute atomic E-state index is 0.191. The van der Waals surface area contributed by atoms with Gasteiger partial charge in [-0.1, -0.05) is 175 Å². The molecule has 5 aliphatic heterocycles.